The van der Waals surface area contributed by atoms with Crippen molar-refractivity contribution in [2.45, 2.75) is 6.92 Å². The number of methoxy groups -OCH3 is 1. The van der Waals surface area contributed by atoms with Crippen molar-refractivity contribution < 1.29 is 14.3 Å². The summed E-state index contributed by atoms with van der Waals surface area (Å²) in [6.45, 7) is 3.90. The van der Waals surface area contributed by atoms with E-state index in [9.17, 15) is 9.59 Å². The Morgan fingerprint density at radius 1 is 0.912 bits per heavy atom. The molecular formula is C26H25N5O3. The van der Waals surface area contributed by atoms with Gasteiger partial charge in [-0.1, -0.05) is 18.2 Å². The van der Waals surface area contributed by atoms with Gasteiger partial charge in [0.05, 0.1) is 18.4 Å². The van der Waals surface area contributed by atoms with Gasteiger partial charge in [-0.25, -0.2) is 0 Å². The summed E-state index contributed by atoms with van der Waals surface area (Å²) in [5.41, 5.74) is 3.77. The molecule has 0 bridgehead atoms. The summed E-state index contributed by atoms with van der Waals surface area (Å²) in [5, 5.41) is 9.53. The number of aromatic nitrogens is 3. The van der Waals surface area contributed by atoms with Crippen LogP contribution in [-0.4, -0.2) is 65.1 Å². The summed E-state index contributed by atoms with van der Waals surface area (Å²) in [4.78, 5) is 32.9. The fourth-order valence-electron chi connectivity index (χ4n) is 4.37. The maximum Gasteiger partial charge on any atom is 0.295 e. The van der Waals surface area contributed by atoms with Crippen molar-refractivity contribution in [3.63, 3.8) is 0 Å². The Kier molecular flexibility index (Phi) is 5.71. The summed E-state index contributed by atoms with van der Waals surface area (Å²) < 4.78 is 5.20. The molecule has 0 unspecified atom stereocenters. The maximum atomic E-state index is 13.0. The molecule has 0 radical (unpaired) electrons. The smallest absolute Gasteiger partial charge is 0.295 e. The average molecular weight is 456 g/mol. The van der Waals surface area contributed by atoms with E-state index in [-0.39, 0.29) is 0 Å². The fourth-order valence-corrected chi connectivity index (χ4v) is 4.37. The zero-order chi connectivity index (χ0) is 23.7. The summed E-state index contributed by atoms with van der Waals surface area (Å²) in [6, 6.07) is 19.1. The standard InChI is InChI=1S/C26H25N5O3/c1-17-24(20-5-3-4-6-22(20)27-17)25(32)26(33)31-15-13-30(14-16-31)23-12-11-21(28-29-23)18-7-9-19(34-2)10-8-18/h3-12,27H,13-16H2,1-2H3. The average Bonchev–Trinajstić information content (AvgIpc) is 3.23. The highest BCUT2D eigenvalue weighted by molar-refractivity contribution is 6.45. The zero-order valence-corrected chi connectivity index (χ0v) is 19.1. The van der Waals surface area contributed by atoms with Crippen LogP contribution in [0, 0.1) is 6.92 Å². The number of piperazine rings is 1. The van der Waals surface area contributed by atoms with Crippen LogP contribution in [0.1, 0.15) is 16.1 Å². The molecule has 1 fully saturated rings. The molecule has 34 heavy (non-hydrogen) atoms. The van der Waals surface area contributed by atoms with Gasteiger partial charge in [0.2, 0.25) is 0 Å². The number of hydrogen-bond acceptors (Lipinski definition) is 6. The molecule has 5 rings (SSSR count). The minimum atomic E-state index is -0.466. The van der Waals surface area contributed by atoms with Crippen LogP contribution in [0.15, 0.2) is 60.7 Å². The third-order valence-corrected chi connectivity index (χ3v) is 6.24. The number of aromatic amines is 1. The van der Waals surface area contributed by atoms with E-state index in [0.717, 1.165) is 33.7 Å². The van der Waals surface area contributed by atoms with Crippen LogP contribution >= 0.6 is 0 Å². The number of benzene rings is 2. The Morgan fingerprint density at radius 2 is 1.65 bits per heavy atom. The van der Waals surface area contributed by atoms with Crippen molar-refractivity contribution in [3.05, 3.63) is 71.9 Å². The monoisotopic (exact) mass is 455 g/mol. The molecule has 1 aliphatic rings. The number of nitrogens with one attached hydrogen (secondary N) is 1. The molecule has 1 saturated heterocycles. The fraction of sp³-hybridized carbons (Fsp3) is 0.231. The Bertz CT molecular complexity index is 1340. The Labute approximate surface area is 197 Å². The molecule has 0 atom stereocenters. The minimum Gasteiger partial charge on any atom is -0.497 e. The number of anilines is 1. The lowest BCUT2D eigenvalue weighted by Crippen LogP contribution is -2.51. The summed E-state index contributed by atoms with van der Waals surface area (Å²) in [7, 11) is 1.64. The van der Waals surface area contributed by atoms with Gasteiger partial charge in [0, 0.05) is 48.3 Å². The molecule has 0 aliphatic carbocycles. The number of amides is 1. The zero-order valence-electron chi connectivity index (χ0n) is 19.1. The molecule has 0 spiro atoms. The summed E-state index contributed by atoms with van der Waals surface area (Å²) in [6.07, 6.45) is 0. The molecule has 2 aromatic carbocycles. The highest BCUT2D eigenvalue weighted by Gasteiger charge is 2.30. The number of aryl methyl sites for hydroxylation is 1. The molecule has 1 N–H and O–H groups in total. The topological polar surface area (TPSA) is 91.4 Å². The predicted octanol–water partition coefficient (Wildman–Crippen LogP) is 3.47. The van der Waals surface area contributed by atoms with E-state index in [1.807, 2.05) is 67.6 Å². The first-order valence-corrected chi connectivity index (χ1v) is 11.2. The summed E-state index contributed by atoms with van der Waals surface area (Å²) >= 11 is 0. The second-order valence-electron chi connectivity index (χ2n) is 8.28. The van der Waals surface area contributed by atoms with Gasteiger partial charge in [-0.05, 0) is 49.4 Å². The lowest BCUT2D eigenvalue weighted by atomic mass is 10.1. The van der Waals surface area contributed by atoms with E-state index >= 15 is 0 Å². The Morgan fingerprint density at radius 3 is 2.32 bits per heavy atom. The molecule has 8 heteroatoms. The molecule has 1 aliphatic heterocycles. The highest BCUT2D eigenvalue weighted by Crippen LogP contribution is 2.24. The first-order chi connectivity index (χ1) is 16.5. The van der Waals surface area contributed by atoms with Crippen LogP contribution < -0.4 is 9.64 Å². The second-order valence-corrected chi connectivity index (χ2v) is 8.28. The SMILES string of the molecule is COc1ccc(-c2ccc(N3CCN(C(=O)C(=O)c4c(C)[nH]c5ccccc45)CC3)nn2)cc1. The van der Waals surface area contributed by atoms with Crippen LogP contribution in [0.25, 0.3) is 22.2 Å². The van der Waals surface area contributed by atoms with Crippen molar-refractivity contribution in [2.24, 2.45) is 0 Å². The number of H-pyrrole nitrogens is 1. The first-order valence-electron chi connectivity index (χ1n) is 11.2. The van der Waals surface area contributed by atoms with E-state index in [0.29, 0.717) is 37.4 Å². The van der Waals surface area contributed by atoms with E-state index in [2.05, 4.69) is 20.1 Å². The van der Waals surface area contributed by atoms with E-state index < -0.39 is 11.7 Å². The van der Waals surface area contributed by atoms with Gasteiger partial charge in [0.25, 0.3) is 11.7 Å². The van der Waals surface area contributed by atoms with Gasteiger partial charge in [-0.2, -0.15) is 0 Å². The number of fused-ring (bicyclic) bond motifs is 1. The number of carbonyl (C=O) groups excluding carboxylic acids is 2. The third-order valence-electron chi connectivity index (χ3n) is 6.24. The third kappa shape index (κ3) is 3.98. The van der Waals surface area contributed by atoms with Crippen molar-refractivity contribution >= 4 is 28.4 Å². The number of ketones is 1. The largest absolute Gasteiger partial charge is 0.497 e. The second kappa shape index (κ2) is 8.97. The minimum absolute atomic E-state index is 0.452. The molecule has 0 saturated carbocycles. The van der Waals surface area contributed by atoms with Gasteiger partial charge < -0.3 is 19.5 Å². The normalized spacial score (nSPS) is 13.8. The van der Waals surface area contributed by atoms with Crippen molar-refractivity contribution in [1.29, 1.82) is 0 Å². The van der Waals surface area contributed by atoms with Gasteiger partial charge in [0.15, 0.2) is 5.82 Å². The van der Waals surface area contributed by atoms with Crippen molar-refractivity contribution in [3.8, 4) is 17.0 Å². The van der Waals surface area contributed by atoms with Crippen LogP contribution in [-0.2, 0) is 4.79 Å². The molecule has 4 aromatic rings. The van der Waals surface area contributed by atoms with E-state index in [1.54, 1.807) is 12.0 Å². The quantitative estimate of drug-likeness (QED) is 0.366. The van der Waals surface area contributed by atoms with E-state index in [1.165, 1.54) is 0 Å². The van der Waals surface area contributed by atoms with Crippen LogP contribution in [0.5, 0.6) is 5.75 Å². The Balaban J connectivity index is 1.24. The van der Waals surface area contributed by atoms with Gasteiger partial charge in [-0.15, -0.1) is 10.2 Å². The number of hydrogen-bond donors (Lipinski definition) is 1. The number of Topliss-reactive ketones (excluding diaryl/α,β-unsaturated/α-hetero) is 1. The number of carbonyl (C=O) groups is 2. The van der Waals surface area contributed by atoms with Crippen LogP contribution in [0.3, 0.4) is 0 Å². The molecule has 8 nitrogen and oxygen atoms in total. The van der Waals surface area contributed by atoms with Crippen molar-refractivity contribution in [2.75, 3.05) is 38.2 Å². The maximum absolute atomic E-state index is 13.0. The van der Waals surface area contributed by atoms with Crippen molar-refractivity contribution in [1.82, 2.24) is 20.1 Å². The number of ether oxygens (including phenoxy) is 1. The summed E-state index contributed by atoms with van der Waals surface area (Å²) in [5.74, 6) is 0.614. The molecule has 3 heterocycles. The molecular weight excluding hydrogens is 430 g/mol. The van der Waals surface area contributed by atoms with Crippen LogP contribution in [0.2, 0.25) is 0 Å². The molecule has 172 valence electrons. The lowest BCUT2D eigenvalue weighted by Gasteiger charge is -2.34. The lowest BCUT2D eigenvalue weighted by molar-refractivity contribution is -0.126. The predicted molar refractivity (Wildman–Crippen MR) is 130 cm³/mol. The van der Waals surface area contributed by atoms with Gasteiger partial charge >= 0.3 is 0 Å². The first kappa shape index (κ1) is 21.6. The van der Waals surface area contributed by atoms with Gasteiger partial charge in [-0.3, -0.25) is 9.59 Å². The number of nitrogens with zero attached hydrogens (tertiary/aromatic N) is 4. The molecule has 1 amide bonds. The molecule has 2 aromatic heterocycles. The number of rotatable bonds is 5. The van der Waals surface area contributed by atoms with Gasteiger partial charge in [0.1, 0.15) is 5.75 Å². The highest BCUT2D eigenvalue weighted by atomic mass is 16.5. The van der Waals surface area contributed by atoms with E-state index in [4.69, 9.17) is 4.74 Å². The Hall–Kier alpha value is -4.20. The van der Waals surface area contributed by atoms with Crippen LogP contribution in [0.4, 0.5) is 5.82 Å². The number of para-hydroxylation sites is 1.